The highest BCUT2D eigenvalue weighted by Crippen LogP contribution is 2.25. The highest BCUT2D eigenvalue weighted by Gasteiger charge is 2.15. The second-order valence-corrected chi connectivity index (χ2v) is 9.89. The fourth-order valence-corrected chi connectivity index (χ4v) is 4.69. The molecule has 2 N–H and O–H groups in total. The quantitative estimate of drug-likeness (QED) is 0.245. The van der Waals surface area contributed by atoms with Crippen LogP contribution in [0, 0.1) is 0 Å². The second kappa shape index (κ2) is 11.1. The van der Waals surface area contributed by atoms with Crippen LogP contribution in [0.25, 0.3) is 11.5 Å². The Labute approximate surface area is 211 Å². The van der Waals surface area contributed by atoms with Crippen LogP contribution in [0.3, 0.4) is 0 Å². The number of ether oxygens (including phenoxy) is 1. The van der Waals surface area contributed by atoms with E-state index in [9.17, 15) is 18.0 Å². The molecule has 1 amide bonds. The van der Waals surface area contributed by atoms with Crippen LogP contribution in [0.2, 0.25) is 0 Å². The summed E-state index contributed by atoms with van der Waals surface area (Å²) in [5.74, 6) is -0.594. The molecular formula is C24H20N4O6S2. The van der Waals surface area contributed by atoms with E-state index in [1.54, 1.807) is 60.7 Å². The Bertz CT molecular complexity index is 1470. The zero-order chi connectivity index (χ0) is 25.5. The maximum Gasteiger partial charge on any atom is 0.337 e. The third-order valence-corrected chi connectivity index (χ3v) is 6.95. The van der Waals surface area contributed by atoms with E-state index in [-0.39, 0.29) is 27.7 Å². The number of nitrogens with zero attached hydrogens (tertiary/aromatic N) is 2. The van der Waals surface area contributed by atoms with E-state index in [1.807, 2.05) is 0 Å². The first-order valence-electron chi connectivity index (χ1n) is 10.5. The summed E-state index contributed by atoms with van der Waals surface area (Å²) in [4.78, 5) is 24.1. The van der Waals surface area contributed by atoms with Gasteiger partial charge in [-0.15, -0.1) is 10.2 Å². The number of thioether (sulfide) groups is 1. The van der Waals surface area contributed by atoms with E-state index in [0.717, 1.165) is 11.8 Å². The maximum absolute atomic E-state index is 12.5. The van der Waals surface area contributed by atoms with Gasteiger partial charge in [-0.3, -0.25) is 9.52 Å². The lowest BCUT2D eigenvalue weighted by molar-refractivity contribution is -0.113. The third kappa shape index (κ3) is 6.29. The summed E-state index contributed by atoms with van der Waals surface area (Å²) in [5.41, 5.74) is 1.74. The van der Waals surface area contributed by atoms with Crippen LogP contribution >= 0.6 is 11.8 Å². The summed E-state index contributed by atoms with van der Waals surface area (Å²) in [6.07, 6.45) is 0. The molecule has 10 nitrogen and oxygen atoms in total. The highest BCUT2D eigenvalue weighted by molar-refractivity contribution is 7.99. The van der Waals surface area contributed by atoms with E-state index >= 15 is 0 Å². The minimum absolute atomic E-state index is 0.00425. The van der Waals surface area contributed by atoms with Crippen molar-refractivity contribution in [2.45, 2.75) is 10.1 Å². The van der Waals surface area contributed by atoms with Gasteiger partial charge in [-0.25, -0.2) is 13.2 Å². The summed E-state index contributed by atoms with van der Waals surface area (Å²) in [6, 6.07) is 20.9. The van der Waals surface area contributed by atoms with Gasteiger partial charge in [0.05, 0.1) is 23.3 Å². The maximum atomic E-state index is 12.5. The van der Waals surface area contributed by atoms with Crippen molar-refractivity contribution < 1.29 is 27.2 Å². The van der Waals surface area contributed by atoms with E-state index < -0.39 is 16.0 Å². The molecule has 0 aliphatic rings. The number of nitrogens with one attached hydrogen (secondary N) is 2. The molecule has 1 aromatic heterocycles. The number of methoxy groups -OCH3 is 1. The van der Waals surface area contributed by atoms with Gasteiger partial charge in [0.15, 0.2) is 0 Å². The zero-order valence-corrected chi connectivity index (χ0v) is 20.5. The zero-order valence-electron chi connectivity index (χ0n) is 18.9. The van der Waals surface area contributed by atoms with Crippen LogP contribution in [0.15, 0.2) is 93.4 Å². The topological polar surface area (TPSA) is 140 Å². The SMILES string of the molecule is COC(=O)c1cccc(NC(=O)CSc2nnc(-c3ccc(NS(=O)(=O)c4ccccc4)cc3)o2)c1. The number of aromatic nitrogens is 2. The average Bonchev–Trinajstić information content (AvgIpc) is 3.37. The first kappa shape index (κ1) is 24.9. The number of hydrogen-bond acceptors (Lipinski definition) is 9. The minimum Gasteiger partial charge on any atom is -0.465 e. The van der Waals surface area contributed by atoms with E-state index in [1.165, 1.54) is 25.3 Å². The van der Waals surface area contributed by atoms with Crippen LogP contribution in [0.4, 0.5) is 11.4 Å². The molecule has 0 fully saturated rings. The molecular weight excluding hydrogens is 504 g/mol. The van der Waals surface area contributed by atoms with E-state index in [0.29, 0.717) is 22.5 Å². The van der Waals surface area contributed by atoms with Crippen molar-refractivity contribution in [1.82, 2.24) is 10.2 Å². The van der Waals surface area contributed by atoms with E-state index in [4.69, 9.17) is 4.42 Å². The molecule has 0 radical (unpaired) electrons. The van der Waals surface area contributed by atoms with Crippen molar-refractivity contribution in [1.29, 1.82) is 0 Å². The fourth-order valence-electron chi connectivity index (χ4n) is 3.05. The molecule has 0 unspecified atom stereocenters. The number of hydrogen-bond donors (Lipinski definition) is 2. The highest BCUT2D eigenvalue weighted by atomic mass is 32.2. The van der Waals surface area contributed by atoms with Crippen molar-refractivity contribution >= 4 is 45.0 Å². The molecule has 184 valence electrons. The monoisotopic (exact) mass is 524 g/mol. The lowest BCUT2D eigenvalue weighted by atomic mass is 10.2. The number of sulfonamides is 1. The van der Waals surface area contributed by atoms with Crippen molar-refractivity contribution in [2.75, 3.05) is 22.9 Å². The number of carbonyl (C=O) groups is 2. The first-order valence-corrected chi connectivity index (χ1v) is 12.9. The van der Waals surface area contributed by atoms with Gasteiger partial charge >= 0.3 is 5.97 Å². The second-order valence-electron chi connectivity index (χ2n) is 7.28. The minimum atomic E-state index is -3.70. The number of carbonyl (C=O) groups excluding carboxylic acids is 2. The number of rotatable bonds is 9. The molecule has 0 atom stereocenters. The summed E-state index contributed by atoms with van der Waals surface area (Å²) < 4.78 is 37.7. The Morgan fingerprint density at radius 3 is 2.42 bits per heavy atom. The lowest BCUT2D eigenvalue weighted by Gasteiger charge is -2.08. The molecule has 0 aliphatic carbocycles. The van der Waals surface area contributed by atoms with Gasteiger partial charge in [-0.05, 0) is 54.6 Å². The molecule has 4 aromatic rings. The van der Waals surface area contributed by atoms with E-state index in [2.05, 4.69) is 25.0 Å². The van der Waals surface area contributed by atoms with Gasteiger partial charge in [-0.2, -0.15) is 0 Å². The predicted octanol–water partition coefficient (Wildman–Crippen LogP) is 4.05. The van der Waals surface area contributed by atoms with Crippen molar-refractivity contribution in [2.24, 2.45) is 0 Å². The van der Waals surface area contributed by atoms with Gasteiger partial charge < -0.3 is 14.5 Å². The fraction of sp³-hybridized carbons (Fsp3) is 0.0833. The Balaban J connectivity index is 1.33. The van der Waals surface area contributed by atoms with Gasteiger partial charge in [0, 0.05) is 16.9 Å². The number of esters is 1. The number of anilines is 2. The molecule has 0 spiro atoms. The summed E-state index contributed by atoms with van der Waals surface area (Å²) in [5, 5.41) is 10.8. The van der Waals surface area contributed by atoms with Crippen LogP contribution in [-0.2, 0) is 19.6 Å². The van der Waals surface area contributed by atoms with Crippen LogP contribution in [0.1, 0.15) is 10.4 Å². The molecule has 36 heavy (non-hydrogen) atoms. The van der Waals surface area contributed by atoms with Crippen molar-refractivity contribution in [3.05, 3.63) is 84.4 Å². The Morgan fingerprint density at radius 1 is 0.944 bits per heavy atom. The van der Waals surface area contributed by atoms with Crippen LogP contribution in [0.5, 0.6) is 0 Å². The lowest BCUT2D eigenvalue weighted by Crippen LogP contribution is -2.14. The van der Waals surface area contributed by atoms with Gasteiger partial charge in [0.1, 0.15) is 0 Å². The summed E-state index contributed by atoms with van der Waals surface area (Å²) in [7, 11) is -2.42. The first-order chi connectivity index (χ1) is 17.3. The molecule has 3 aromatic carbocycles. The smallest absolute Gasteiger partial charge is 0.337 e. The Hall–Kier alpha value is -4.16. The van der Waals surface area contributed by atoms with Crippen LogP contribution in [-0.4, -0.2) is 43.4 Å². The number of benzene rings is 3. The molecule has 0 saturated carbocycles. The van der Waals surface area contributed by atoms with Gasteiger partial charge in [0.2, 0.25) is 11.8 Å². The Morgan fingerprint density at radius 2 is 1.69 bits per heavy atom. The Kier molecular flexibility index (Phi) is 7.66. The van der Waals surface area contributed by atoms with Crippen LogP contribution < -0.4 is 10.0 Å². The summed E-state index contributed by atoms with van der Waals surface area (Å²) >= 11 is 1.05. The number of amides is 1. The molecule has 1 heterocycles. The third-order valence-electron chi connectivity index (χ3n) is 4.74. The largest absolute Gasteiger partial charge is 0.465 e. The summed E-state index contributed by atoms with van der Waals surface area (Å²) in [6.45, 7) is 0. The molecule has 12 heteroatoms. The molecule has 0 aliphatic heterocycles. The molecule has 0 saturated heterocycles. The van der Waals surface area contributed by atoms with Gasteiger partial charge in [-0.1, -0.05) is 36.0 Å². The standard InChI is InChI=1S/C24H20N4O6S2/c1-33-23(30)17-6-5-7-19(14-17)25-21(29)15-35-24-27-26-22(34-24)16-10-12-18(13-11-16)28-36(31,32)20-8-3-2-4-9-20/h2-14,28H,15H2,1H3,(H,25,29). The normalized spacial score (nSPS) is 11.0. The van der Waals surface area contributed by atoms with Gasteiger partial charge in [0.25, 0.3) is 15.2 Å². The molecule has 0 bridgehead atoms. The predicted molar refractivity (Wildman–Crippen MR) is 134 cm³/mol. The van der Waals surface area contributed by atoms with Crippen molar-refractivity contribution in [3.8, 4) is 11.5 Å². The average molecular weight is 525 g/mol. The molecule has 4 rings (SSSR count). The van der Waals surface area contributed by atoms with Crippen molar-refractivity contribution in [3.63, 3.8) is 0 Å².